The summed E-state index contributed by atoms with van der Waals surface area (Å²) >= 11 is 0. The number of hydrogen-bond acceptors (Lipinski definition) is 5. The lowest BCUT2D eigenvalue weighted by molar-refractivity contribution is 0.0992. The number of carbonyl (C=O) groups is 1. The molecule has 0 radical (unpaired) electrons. The quantitative estimate of drug-likeness (QED) is 0.713. The lowest BCUT2D eigenvalue weighted by atomic mass is 10.2. The number of methoxy groups -OCH3 is 2. The molecular formula is C17H15N3O4. The molecule has 0 spiro atoms. The van der Waals surface area contributed by atoms with Crippen molar-refractivity contribution in [3.63, 3.8) is 0 Å². The molecule has 0 atom stereocenters. The minimum atomic E-state index is -0.566. The van der Waals surface area contributed by atoms with Crippen LogP contribution < -0.4 is 9.47 Å². The standard InChI is InChI=1S/C17H15N3O4/c1-23-12-8-4-3-6-10(12)16(21)20-19-15-11-7-5-9-13(24-2)14(11)18-17(15)22/h3-9,18,22H,1-2H3. The molecular weight excluding hydrogens is 310 g/mol. The number of H-pyrrole nitrogens is 1. The second-order valence-electron chi connectivity index (χ2n) is 4.91. The molecule has 0 unspecified atom stereocenters. The van der Waals surface area contributed by atoms with Crippen molar-refractivity contribution < 1.29 is 19.4 Å². The van der Waals surface area contributed by atoms with E-state index >= 15 is 0 Å². The van der Waals surface area contributed by atoms with Crippen LogP contribution >= 0.6 is 0 Å². The third-order valence-electron chi connectivity index (χ3n) is 3.55. The van der Waals surface area contributed by atoms with Crippen molar-refractivity contribution in [1.29, 1.82) is 0 Å². The Labute approximate surface area is 137 Å². The van der Waals surface area contributed by atoms with Crippen LogP contribution in [0.3, 0.4) is 0 Å². The predicted molar refractivity (Wildman–Crippen MR) is 88.4 cm³/mol. The number of aromatic hydroxyl groups is 1. The maximum absolute atomic E-state index is 12.2. The van der Waals surface area contributed by atoms with Crippen LogP contribution in [0.2, 0.25) is 0 Å². The van der Waals surface area contributed by atoms with Crippen LogP contribution in [0.25, 0.3) is 10.9 Å². The smallest absolute Gasteiger partial charge is 0.299 e. The zero-order valence-electron chi connectivity index (χ0n) is 13.1. The number of nitrogens with one attached hydrogen (secondary N) is 1. The topological polar surface area (TPSA) is 96.3 Å². The molecule has 3 aromatic rings. The van der Waals surface area contributed by atoms with Crippen molar-refractivity contribution in [3.8, 4) is 17.4 Å². The first-order valence-corrected chi connectivity index (χ1v) is 7.12. The van der Waals surface area contributed by atoms with Crippen LogP contribution in [0.5, 0.6) is 17.4 Å². The number of rotatable bonds is 4. The molecule has 7 nitrogen and oxygen atoms in total. The van der Waals surface area contributed by atoms with E-state index in [1.807, 2.05) is 0 Å². The Kier molecular flexibility index (Phi) is 4.15. The Morgan fingerprint density at radius 1 is 1.04 bits per heavy atom. The summed E-state index contributed by atoms with van der Waals surface area (Å²) in [5, 5.41) is 18.2. The van der Waals surface area contributed by atoms with Gasteiger partial charge in [-0.2, -0.15) is 0 Å². The number of para-hydroxylation sites is 2. The molecule has 2 aromatic carbocycles. The lowest BCUT2D eigenvalue weighted by Crippen LogP contribution is -1.97. The van der Waals surface area contributed by atoms with E-state index in [1.54, 1.807) is 42.5 Å². The van der Waals surface area contributed by atoms with E-state index in [1.165, 1.54) is 14.2 Å². The molecule has 0 aliphatic rings. The number of ether oxygens (including phenoxy) is 2. The minimum absolute atomic E-state index is 0.173. The molecule has 122 valence electrons. The summed E-state index contributed by atoms with van der Waals surface area (Å²) in [5.41, 5.74) is 1.05. The average molecular weight is 325 g/mol. The predicted octanol–water partition coefficient (Wildman–Crippen LogP) is 3.81. The minimum Gasteiger partial charge on any atom is -0.496 e. The van der Waals surface area contributed by atoms with E-state index in [0.717, 1.165) is 0 Å². The molecule has 0 aliphatic carbocycles. The zero-order chi connectivity index (χ0) is 17.1. The molecule has 0 bridgehead atoms. The Morgan fingerprint density at radius 3 is 2.50 bits per heavy atom. The molecule has 1 amide bonds. The van der Waals surface area contributed by atoms with Crippen molar-refractivity contribution in [2.24, 2.45) is 10.2 Å². The Morgan fingerprint density at radius 2 is 1.75 bits per heavy atom. The fourth-order valence-electron chi connectivity index (χ4n) is 2.40. The SMILES string of the molecule is COc1ccccc1C(=O)N=Nc1c(O)[nH]c2c(OC)cccc12. The van der Waals surface area contributed by atoms with Gasteiger partial charge in [0.1, 0.15) is 11.5 Å². The zero-order valence-corrected chi connectivity index (χ0v) is 13.1. The highest BCUT2D eigenvalue weighted by molar-refractivity contribution is 5.99. The van der Waals surface area contributed by atoms with Crippen molar-refractivity contribution in [2.75, 3.05) is 14.2 Å². The Bertz CT molecular complexity index is 931. The first-order chi connectivity index (χ1) is 11.7. The van der Waals surface area contributed by atoms with Crippen molar-refractivity contribution in [1.82, 2.24) is 4.98 Å². The molecule has 1 heterocycles. The lowest BCUT2D eigenvalue weighted by Gasteiger charge is -2.03. The largest absolute Gasteiger partial charge is 0.496 e. The Hall–Kier alpha value is -3.35. The van der Waals surface area contributed by atoms with Crippen LogP contribution in [-0.4, -0.2) is 30.2 Å². The number of amides is 1. The van der Waals surface area contributed by atoms with Gasteiger partial charge in [0.05, 0.1) is 25.3 Å². The van der Waals surface area contributed by atoms with Gasteiger partial charge < -0.3 is 19.6 Å². The van der Waals surface area contributed by atoms with Gasteiger partial charge >= 0.3 is 0 Å². The average Bonchev–Trinajstić information content (AvgIpc) is 2.94. The van der Waals surface area contributed by atoms with Gasteiger partial charge in [-0.25, -0.2) is 0 Å². The van der Waals surface area contributed by atoms with Crippen LogP contribution in [-0.2, 0) is 0 Å². The fourth-order valence-corrected chi connectivity index (χ4v) is 2.40. The van der Waals surface area contributed by atoms with Gasteiger partial charge in [0.15, 0.2) is 5.69 Å². The van der Waals surface area contributed by atoms with Gasteiger partial charge in [-0.3, -0.25) is 4.79 Å². The van der Waals surface area contributed by atoms with E-state index in [-0.39, 0.29) is 11.6 Å². The van der Waals surface area contributed by atoms with Gasteiger partial charge in [0, 0.05) is 5.39 Å². The van der Waals surface area contributed by atoms with Gasteiger partial charge in [0.2, 0.25) is 5.88 Å². The maximum Gasteiger partial charge on any atom is 0.299 e. The van der Waals surface area contributed by atoms with Crippen molar-refractivity contribution in [2.45, 2.75) is 0 Å². The molecule has 1 aromatic heterocycles. The number of aromatic amines is 1. The van der Waals surface area contributed by atoms with E-state index in [2.05, 4.69) is 15.2 Å². The van der Waals surface area contributed by atoms with Gasteiger partial charge in [-0.15, -0.1) is 10.2 Å². The second-order valence-corrected chi connectivity index (χ2v) is 4.91. The molecule has 0 fully saturated rings. The summed E-state index contributed by atoms with van der Waals surface area (Å²) in [4.78, 5) is 15.0. The highest BCUT2D eigenvalue weighted by Gasteiger charge is 2.15. The normalized spacial score (nSPS) is 11.1. The molecule has 0 saturated heterocycles. The number of aromatic nitrogens is 1. The van der Waals surface area contributed by atoms with Crippen LogP contribution in [0.1, 0.15) is 10.4 Å². The number of nitrogens with zero attached hydrogens (tertiary/aromatic N) is 2. The Balaban J connectivity index is 1.99. The maximum atomic E-state index is 12.2. The monoisotopic (exact) mass is 325 g/mol. The molecule has 3 rings (SSSR count). The second kappa shape index (κ2) is 6.41. The molecule has 0 aliphatic heterocycles. The number of benzene rings is 2. The van der Waals surface area contributed by atoms with Gasteiger partial charge in [-0.1, -0.05) is 24.3 Å². The summed E-state index contributed by atoms with van der Waals surface area (Å²) in [6.45, 7) is 0. The first kappa shape index (κ1) is 15.5. The molecule has 7 heteroatoms. The van der Waals surface area contributed by atoms with Crippen LogP contribution in [0, 0.1) is 0 Å². The molecule has 0 saturated carbocycles. The summed E-state index contributed by atoms with van der Waals surface area (Å²) < 4.78 is 10.4. The van der Waals surface area contributed by atoms with Crippen LogP contribution in [0.4, 0.5) is 5.69 Å². The van der Waals surface area contributed by atoms with E-state index in [9.17, 15) is 9.90 Å². The van der Waals surface area contributed by atoms with E-state index in [0.29, 0.717) is 28.0 Å². The fraction of sp³-hybridized carbons (Fsp3) is 0.118. The molecule has 2 N–H and O–H groups in total. The summed E-state index contributed by atoms with van der Waals surface area (Å²) in [6, 6.07) is 12.0. The van der Waals surface area contributed by atoms with Crippen LogP contribution in [0.15, 0.2) is 52.7 Å². The first-order valence-electron chi connectivity index (χ1n) is 7.12. The summed E-state index contributed by atoms with van der Waals surface area (Å²) in [6.07, 6.45) is 0. The molecule has 24 heavy (non-hydrogen) atoms. The third kappa shape index (κ3) is 2.67. The van der Waals surface area contributed by atoms with E-state index in [4.69, 9.17) is 9.47 Å². The van der Waals surface area contributed by atoms with Crippen molar-refractivity contribution >= 4 is 22.5 Å². The van der Waals surface area contributed by atoms with Crippen molar-refractivity contribution in [3.05, 3.63) is 48.0 Å². The summed E-state index contributed by atoms with van der Waals surface area (Å²) in [7, 11) is 3.00. The summed E-state index contributed by atoms with van der Waals surface area (Å²) in [5.74, 6) is 0.210. The van der Waals surface area contributed by atoms with Gasteiger partial charge in [-0.05, 0) is 18.2 Å². The number of azo groups is 1. The van der Waals surface area contributed by atoms with Gasteiger partial charge in [0.25, 0.3) is 5.91 Å². The highest BCUT2D eigenvalue weighted by Crippen LogP contribution is 2.39. The number of carbonyl (C=O) groups excluding carboxylic acids is 1. The third-order valence-corrected chi connectivity index (χ3v) is 3.55. The number of fused-ring (bicyclic) bond motifs is 1. The number of hydrogen-bond donors (Lipinski definition) is 2. The highest BCUT2D eigenvalue weighted by atomic mass is 16.5. The van der Waals surface area contributed by atoms with E-state index < -0.39 is 5.91 Å².